The molecule has 0 aromatic carbocycles. The molecule has 2 amide bonds. The Labute approximate surface area is 62.2 Å². The van der Waals surface area contributed by atoms with Gasteiger partial charge in [0.1, 0.15) is 0 Å². The number of hydrogen-bond acceptors (Lipinski definition) is 1. The highest BCUT2D eigenvalue weighted by atomic mass is 16.2. The van der Waals surface area contributed by atoms with Crippen LogP contribution >= 0.6 is 0 Å². The Morgan fingerprint density at radius 2 is 2.10 bits per heavy atom. The number of amides is 2. The Balaban J connectivity index is 3.50. The quantitative estimate of drug-likeness (QED) is 0.588. The Morgan fingerprint density at radius 1 is 1.50 bits per heavy atom. The molecule has 3 heteroatoms. The van der Waals surface area contributed by atoms with Crippen molar-refractivity contribution in [3.8, 4) is 0 Å². The Bertz CT molecular complexity index is 104. The molecular formula is C7H15N2O. The summed E-state index contributed by atoms with van der Waals surface area (Å²) >= 11 is 0. The van der Waals surface area contributed by atoms with Crippen LogP contribution in [0.1, 0.15) is 26.7 Å². The van der Waals surface area contributed by atoms with Gasteiger partial charge in [-0.25, -0.2) is 10.5 Å². The van der Waals surface area contributed by atoms with Gasteiger partial charge in [0.25, 0.3) is 0 Å². The number of rotatable bonds is 4. The Hall–Kier alpha value is -0.730. The van der Waals surface area contributed by atoms with Crippen LogP contribution in [0.4, 0.5) is 4.79 Å². The smallest absolute Gasteiger partial charge is 0.324 e. The predicted molar refractivity (Wildman–Crippen MR) is 40.6 cm³/mol. The van der Waals surface area contributed by atoms with Gasteiger partial charge in [-0.1, -0.05) is 13.3 Å². The molecule has 59 valence electrons. The molecule has 3 nitrogen and oxygen atoms in total. The van der Waals surface area contributed by atoms with Gasteiger partial charge < -0.3 is 4.90 Å². The summed E-state index contributed by atoms with van der Waals surface area (Å²) < 4.78 is 0. The van der Waals surface area contributed by atoms with Gasteiger partial charge in [-0.2, -0.15) is 0 Å². The van der Waals surface area contributed by atoms with Gasteiger partial charge >= 0.3 is 6.03 Å². The second-order valence-corrected chi connectivity index (χ2v) is 2.24. The second kappa shape index (κ2) is 5.09. The summed E-state index contributed by atoms with van der Waals surface area (Å²) in [5.74, 6) is 0. The molecule has 0 saturated heterocycles. The van der Waals surface area contributed by atoms with Crippen molar-refractivity contribution < 1.29 is 4.79 Å². The van der Waals surface area contributed by atoms with E-state index in [-0.39, 0.29) is 0 Å². The fourth-order valence-electron chi connectivity index (χ4n) is 0.752. The molecule has 1 N–H and O–H groups in total. The van der Waals surface area contributed by atoms with Gasteiger partial charge in [0, 0.05) is 13.1 Å². The summed E-state index contributed by atoms with van der Waals surface area (Å²) in [6.45, 7) is 5.35. The number of carbonyl (C=O) groups excluding carboxylic acids is 1. The van der Waals surface area contributed by atoms with Crippen molar-refractivity contribution >= 4 is 6.03 Å². The first-order valence-corrected chi connectivity index (χ1v) is 3.72. The lowest BCUT2D eigenvalue weighted by Gasteiger charge is -2.16. The van der Waals surface area contributed by atoms with E-state index in [1.807, 2.05) is 6.92 Å². The lowest BCUT2D eigenvalue weighted by atomic mass is 10.3. The van der Waals surface area contributed by atoms with Crippen LogP contribution < -0.4 is 5.73 Å². The number of nitrogens with one attached hydrogen (secondary N) is 1. The average Bonchev–Trinajstić information content (AvgIpc) is 1.89. The highest BCUT2D eigenvalue weighted by Crippen LogP contribution is 1.93. The Morgan fingerprint density at radius 3 is 2.40 bits per heavy atom. The molecule has 0 saturated carbocycles. The molecule has 0 aromatic rings. The second-order valence-electron chi connectivity index (χ2n) is 2.24. The zero-order valence-corrected chi connectivity index (χ0v) is 6.68. The molecule has 0 aliphatic rings. The maximum Gasteiger partial charge on any atom is 0.336 e. The normalized spacial score (nSPS) is 9.40. The summed E-state index contributed by atoms with van der Waals surface area (Å²) in [5, 5.41) is 0. The standard InChI is InChI=1S/C7H15N2O/c1-3-5-6-9(4-2)7(8)10/h8H,3-6H2,1-2H3. The summed E-state index contributed by atoms with van der Waals surface area (Å²) in [5.41, 5.74) is 6.80. The van der Waals surface area contributed by atoms with E-state index in [2.05, 4.69) is 6.92 Å². The van der Waals surface area contributed by atoms with Gasteiger partial charge in [0.2, 0.25) is 0 Å². The van der Waals surface area contributed by atoms with E-state index in [0.29, 0.717) is 6.54 Å². The van der Waals surface area contributed by atoms with Crippen molar-refractivity contribution in [2.75, 3.05) is 13.1 Å². The third kappa shape index (κ3) is 3.33. The summed E-state index contributed by atoms with van der Waals surface area (Å²) in [4.78, 5) is 12.0. The van der Waals surface area contributed by atoms with E-state index in [1.54, 1.807) is 0 Å². The van der Waals surface area contributed by atoms with Crippen molar-refractivity contribution in [3.05, 3.63) is 0 Å². The van der Waals surface area contributed by atoms with Crippen LogP contribution in [0, 0.1) is 0 Å². The molecule has 0 aliphatic heterocycles. The molecular weight excluding hydrogens is 128 g/mol. The van der Waals surface area contributed by atoms with E-state index in [1.165, 1.54) is 4.90 Å². The first-order valence-electron chi connectivity index (χ1n) is 3.72. The van der Waals surface area contributed by atoms with Crippen molar-refractivity contribution in [1.29, 1.82) is 0 Å². The minimum atomic E-state index is -0.559. The van der Waals surface area contributed by atoms with E-state index < -0.39 is 6.03 Å². The van der Waals surface area contributed by atoms with E-state index >= 15 is 0 Å². The van der Waals surface area contributed by atoms with Crippen LogP contribution in [0.5, 0.6) is 0 Å². The van der Waals surface area contributed by atoms with Crippen molar-refractivity contribution in [1.82, 2.24) is 10.6 Å². The van der Waals surface area contributed by atoms with Crippen molar-refractivity contribution in [2.24, 2.45) is 0 Å². The zero-order chi connectivity index (χ0) is 7.98. The van der Waals surface area contributed by atoms with Crippen LogP contribution in [0.15, 0.2) is 0 Å². The highest BCUT2D eigenvalue weighted by Gasteiger charge is 2.04. The van der Waals surface area contributed by atoms with Crippen LogP contribution in [-0.2, 0) is 0 Å². The van der Waals surface area contributed by atoms with Crippen molar-refractivity contribution in [2.45, 2.75) is 26.7 Å². The highest BCUT2D eigenvalue weighted by molar-refractivity contribution is 5.70. The maximum absolute atomic E-state index is 10.5. The number of hydrogen-bond donors (Lipinski definition) is 0. The molecule has 0 fully saturated rings. The third-order valence-electron chi connectivity index (χ3n) is 1.45. The molecule has 0 aliphatic carbocycles. The van der Waals surface area contributed by atoms with E-state index in [0.717, 1.165) is 19.4 Å². The monoisotopic (exact) mass is 143 g/mol. The average molecular weight is 143 g/mol. The minimum Gasteiger partial charge on any atom is -0.324 e. The van der Waals surface area contributed by atoms with Gasteiger partial charge in [-0.15, -0.1) is 0 Å². The molecule has 0 atom stereocenters. The third-order valence-corrected chi connectivity index (χ3v) is 1.45. The fraction of sp³-hybridized carbons (Fsp3) is 0.857. The Kier molecular flexibility index (Phi) is 4.72. The first kappa shape index (κ1) is 9.27. The minimum absolute atomic E-state index is 0.559. The molecule has 0 bridgehead atoms. The SMILES string of the molecule is CCCCN(CC)C([NH])=O. The van der Waals surface area contributed by atoms with Crippen LogP contribution in [0.2, 0.25) is 0 Å². The van der Waals surface area contributed by atoms with Gasteiger partial charge in [0.15, 0.2) is 0 Å². The summed E-state index contributed by atoms with van der Waals surface area (Å²) in [7, 11) is 0. The van der Waals surface area contributed by atoms with Crippen LogP contribution in [0.3, 0.4) is 0 Å². The topological polar surface area (TPSA) is 44.1 Å². The molecule has 0 rings (SSSR count). The molecule has 1 radical (unpaired) electrons. The number of unbranched alkanes of at least 4 members (excludes halogenated alkanes) is 1. The predicted octanol–water partition coefficient (Wildman–Crippen LogP) is 1.51. The van der Waals surface area contributed by atoms with Crippen molar-refractivity contribution in [3.63, 3.8) is 0 Å². The number of urea groups is 1. The van der Waals surface area contributed by atoms with Gasteiger partial charge in [-0.3, -0.25) is 0 Å². The molecule has 0 unspecified atom stereocenters. The van der Waals surface area contributed by atoms with Crippen LogP contribution in [-0.4, -0.2) is 24.0 Å². The van der Waals surface area contributed by atoms with Gasteiger partial charge in [0.05, 0.1) is 0 Å². The summed E-state index contributed by atoms with van der Waals surface area (Å²) in [6, 6.07) is -0.559. The fourth-order valence-corrected chi connectivity index (χ4v) is 0.752. The molecule has 0 aromatic heterocycles. The lowest BCUT2D eigenvalue weighted by molar-refractivity contribution is 0.208. The molecule has 0 heterocycles. The molecule has 10 heavy (non-hydrogen) atoms. The number of nitrogens with zero attached hydrogens (tertiary/aromatic N) is 1. The molecule has 0 spiro atoms. The summed E-state index contributed by atoms with van der Waals surface area (Å²) in [6.07, 6.45) is 2.07. The van der Waals surface area contributed by atoms with E-state index in [4.69, 9.17) is 5.73 Å². The zero-order valence-electron chi connectivity index (χ0n) is 6.68. The maximum atomic E-state index is 10.5. The largest absolute Gasteiger partial charge is 0.336 e. The van der Waals surface area contributed by atoms with Gasteiger partial charge in [-0.05, 0) is 13.3 Å². The first-order chi connectivity index (χ1) is 4.72. The lowest BCUT2D eigenvalue weighted by Crippen LogP contribution is -2.30. The number of carbonyl (C=O) groups is 1. The van der Waals surface area contributed by atoms with E-state index in [9.17, 15) is 4.79 Å². The van der Waals surface area contributed by atoms with Crippen LogP contribution in [0.25, 0.3) is 0 Å².